The Morgan fingerprint density at radius 1 is 1.17 bits per heavy atom. The first-order chi connectivity index (χ1) is 16.8. The first kappa shape index (κ1) is 27.8. The molecule has 2 aliphatic rings. The van der Waals surface area contributed by atoms with Gasteiger partial charge >= 0.3 is 12.3 Å². The predicted octanol–water partition coefficient (Wildman–Crippen LogP) is 5.32. The second kappa shape index (κ2) is 10.7. The lowest BCUT2D eigenvalue weighted by Gasteiger charge is -2.49. The van der Waals surface area contributed by atoms with Crippen molar-refractivity contribution in [2.24, 2.45) is 0 Å². The highest BCUT2D eigenvalue weighted by molar-refractivity contribution is 6.30. The van der Waals surface area contributed by atoms with E-state index in [0.29, 0.717) is 17.7 Å². The van der Waals surface area contributed by atoms with Gasteiger partial charge in [0.05, 0.1) is 25.8 Å². The van der Waals surface area contributed by atoms with Crippen LogP contribution in [0.25, 0.3) is 11.1 Å². The molecule has 10 heteroatoms. The average Bonchev–Trinajstić information content (AvgIpc) is 2.94. The summed E-state index contributed by atoms with van der Waals surface area (Å²) in [5, 5.41) is 12.5. The summed E-state index contributed by atoms with van der Waals surface area (Å²) in [7, 11) is 4.60. The lowest BCUT2D eigenvalue weighted by atomic mass is 9.87. The standard InChI is InChI=1S/C24H29ClN2O2.C2HF3O2/c1-17-7-4-11-21(18-8-5-9-19(25)15-18)22(17)26-23(28)29-16-24-13-6-10-20(12-14-24)27(24,2)3;3-2(4,5)1(6)7/h4-5,7-9,11,15,20H,6,10,12-14,16H2,1-3H3;(H,6,7)/t20-,24+;/m1./s1. The van der Waals surface area contributed by atoms with Crippen LogP contribution in [0.15, 0.2) is 42.5 Å². The van der Waals surface area contributed by atoms with Gasteiger partial charge in [0.2, 0.25) is 0 Å². The van der Waals surface area contributed by atoms with E-state index in [1.165, 1.54) is 19.3 Å². The summed E-state index contributed by atoms with van der Waals surface area (Å²) in [6, 6.07) is 14.3. The summed E-state index contributed by atoms with van der Waals surface area (Å²) >= 11 is 6.18. The molecule has 0 aromatic heterocycles. The second-order valence-corrected chi connectivity index (χ2v) is 10.3. The zero-order valence-electron chi connectivity index (χ0n) is 20.5. The highest BCUT2D eigenvalue weighted by atomic mass is 35.5. The number of hydrogen-bond acceptors (Lipinski definition) is 4. The number of likely N-dealkylation sites (N-methyl/N-ethyl adjacent to an activating group) is 1. The summed E-state index contributed by atoms with van der Waals surface area (Å²) in [5.41, 5.74) is 3.74. The molecule has 0 aliphatic carbocycles. The molecule has 2 aromatic rings. The third-order valence-electron chi connectivity index (χ3n) is 7.60. The summed E-state index contributed by atoms with van der Waals surface area (Å²) in [5.74, 6) is -3.01. The Hall–Kier alpha value is -2.78. The number of carbonyl (C=O) groups is 2. The number of carboxylic acids is 1. The van der Waals surface area contributed by atoms with Gasteiger partial charge in [0.15, 0.2) is 0 Å². The highest BCUT2D eigenvalue weighted by Crippen LogP contribution is 2.48. The van der Waals surface area contributed by atoms with Crippen LogP contribution in [0.5, 0.6) is 0 Å². The van der Waals surface area contributed by atoms with Crippen LogP contribution in [-0.4, -0.2) is 55.0 Å². The monoisotopic (exact) mass is 526 g/mol. The molecule has 2 aliphatic heterocycles. The van der Waals surface area contributed by atoms with Crippen LogP contribution in [0.3, 0.4) is 0 Å². The number of fused-ring (bicyclic) bond motifs is 2. The Labute approximate surface area is 213 Å². The third-order valence-corrected chi connectivity index (χ3v) is 7.83. The van der Waals surface area contributed by atoms with E-state index in [0.717, 1.165) is 39.7 Å². The number of ether oxygens (including phenoxy) is 1. The number of nitrogens with zero attached hydrogens (tertiary/aromatic N) is 1. The molecule has 196 valence electrons. The largest absolute Gasteiger partial charge is 0.542 e. The van der Waals surface area contributed by atoms with Crippen molar-refractivity contribution in [2.45, 2.75) is 56.8 Å². The molecular weight excluding hydrogens is 497 g/mol. The molecule has 0 radical (unpaired) electrons. The first-order valence-corrected chi connectivity index (χ1v) is 12.1. The van der Waals surface area contributed by atoms with Gasteiger partial charge in [-0.25, -0.2) is 4.79 Å². The maximum absolute atomic E-state index is 12.8. The molecule has 0 saturated carbocycles. The number of piperidine rings is 1. The highest BCUT2D eigenvalue weighted by Gasteiger charge is 2.58. The van der Waals surface area contributed by atoms with Gasteiger partial charge in [-0.15, -0.1) is 0 Å². The number of carboxylic acid groups (broad SMARTS) is 1. The summed E-state index contributed by atoms with van der Waals surface area (Å²) in [6.07, 6.45) is 0.430. The summed E-state index contributed by atoms with van der Waals surface area (Å²) in [6.45, 7) is 2.46. The Bertz CT molecular complexity index is 1120. The number of benzene rings is 2. The quantitative estimate of drug-likeness (QED) is 0.547. The van der Waals surface area contributed by atoms with Gasteiger partial charge < -0.3 is 19.1 Å². The number of para-hydroxylation sites is 1. The summed E-state index contributed by atoms with van der Waals surface area (Å²) < 4.78 is 38.3. The number of aryl methyl sites for hydroxylation is 1. The molecule has 0 unspecified atom stereocenters. The molecule has 1 N–H and O–H groups in total. The van der Waals surface area contributed by atoms with Gasteiger partial charge in [-0.3, -0.25) is 5.32 Å². The van der Waals surface area contributed by atoms with Gasteiger partial charge in [0.1, 0.15) is 18.1 Å². The van der Waals surface area contributed by atoms with E-state index in [9.17, 15) is 18.0 Å². The van der Waals surface area contributed by atoms with E-state index in [1.54, 1.807) is 0 Å². The second-order valence-electron chi connectivity index (χ2n) is 9.84. The number of carbonyl (C=O) groups excluding carboxylic acids is 2. The Balaban J connectivity index is 0.000000454. The van der Waals surface area contributed by atoms with Crippen LogP contribution in [0.4, 0.5) is 23.7 Å². The van der Waals surface area contributed by atoms with Crippen LogP contribution in [0.2, 0.25) is 5.02 Å². The normalized spacial score (nSPS) is 22.2. The molecule has 2 bridgehead atoms. The molecule has 2 fully saturated rings. The molecule has 6 nitrogen and oxygen atoms in total. The van der Waals surface area contributed by atoms with Crippen LogP contribution >= 0.6 is 11.6 Å². The maximum atomic E-state index is 12.8. The average molecular weight is 527 g/mol. The topological polar surface area (TPSA) is 78.5 Å². The van der Waals surface area contributed by atoms with E-state index in [2.05, 4.69) is 19.4 Å². The van der Waals surface area contributed by atoms with E-state index in [1.807, 2.05) is 49.4 Å². The number of amides is 1. The van der Waals surface area contributed by atoms with Crippen molar-refractivity contribution in [3.05, 3.63) is 53.1 Å². The van der Waals surface area contributed by atoms with Crippen molar-refractivity contribution in [3.8, 4) is 11.1 Å². The van der Waals surface area contributed by atoms with Crippen molar-refractivity contribution in [3.63, 3.8) is 0 Å². The minimum absolute atomic E-state index is 0.0573. The Morgan fingerprint density at radius 2 is 1.83 bits per heavy atom. The lowest BCUT2D eigenvalue weighted by Crippen LogP contribution is -2.63. The van der Waals surface area contributed by atoms with Crippen LogP contribution < -0.4 is 10.4 Å². The van der Waals surface area contributed by atoms with E-state index in [4.69, 9.17) is 26.2 Å². The number of rotatable bonds is 4. The minimum atomic E-state index is -5.19. The molecule has 2 aromatic carbocycles. The zero-order chi connectivity index (χ0) is 26.7. The van der Waals surface area contributed by atoms with Gasteiger partial charge in [0, 0.05) is 29.8 Å². The van der Waals surface area contributed by atoms with Crippen molar-refractivity contribution in [1.82, 2.24) is 0 Å². The molecule has 2 saturated heterocycles. The minimum Gasteiger partial charge on any atom is -0.542 e. The van der Waals surface area contributed by atoms with Gasteiger partial charge in [-0.05, 0) is 43.0 Å². The fourth-order valence-corrected chi connectivity index (χ4v) is 5.55. The molecule has 1 amide bonds. The number of hydrogen-bond donors (Lipinski definition) is 1. The van der Waals surface area contributed by atoms with Gasteiger partial charge in [0.25, 0.3) is 0 Å². The van der Waals surface area contributed by atoms with Crippen molar-refractivity contribution in [2.75, 3.05) is 26.0 Å². The smallest absolute Gasteiger partial charge is 0.430 e. The van der Waals surface area contributed by atoms with Crippen LogP contribution in [0.1, 0.15) is 37.7 Å². The first-order valence-electron chi connectivity index (χ1n) is 11.7. The number of alkyl halides is 3. The van der Waals surface area contributed by atoms with Crippen LogP contribution in [0, 0.1) is 6.92 Å². The number of anilines is 1. The predicted molar refractivity (Wildman–Crippen MR) is 129 cm³/mol. The number of nitrogens with one attached hydrogen (secondary N) is 1. The van der Waals surface area contributed by atoms with Crippen molar-refractivity contribution in [1.29, 1.82) is 0 Å². The lowest BCUT2D eigenvalue weighted by molar-refractivity contribution is -0.956. The Kier molecular flexibility index (Phi) is 8.25. The summed E-state index contributed by atoms with van der Waals surface area (Å²) in [4.78, 5) is 21.6. The van der Waals surface area contributed by atoms with Crippen LogP contribution in [-0.2, 0) is 9.53 Å². The number of quaternary nitrogens is 1. The van der Waals surface area contributed by atoms with Gasteiger partial charge in [-0.1, -0.05) is 41.9 Å². The molecule has 36 heavy (non-hydrogen) atoms. The maximum Gasteiger partial charge on any atom is 0.430 e. The molecule has 2 heterocycles. The molecule has 0 spiro atoms. The third kappa shape index (κ3) is 5.95. The molecular formula is C26H30ClF3N2O4. The van der Waals surface area contributed by atoms with Crippen molar-refractivity contribution < 1.29 is 37.1 Å². The zero-order valence-corrected chi connectivity index (χ0v) is 21.2. The van der Waals surface area contributed by atoms with E-state index in [-0.39, 0.29) is 11.6 Å². The fraction of sp³-hybridized carbons (Fsp3) is 0.462. The van der Waals surface area contributed by atoms with E-state index >= 15 is 0 Å². The number of halogens is 4. The SMILES string of the molecule is Cc1cccc(-c2cccc(Cl)c2)c1NC(=O)OC[C@]12CCC[C@H](CC1)[N+]2(C)C.O=C([O-])C(F)(F)F. The Morgan fingerprint density at radius 3 is 2.47 bits per heavy atom. The molecule has 4 rings (SSSR count). The van der Waals surface area contributed by atoms with Gasteiger partial charge in [-0.2, -0.15) is 13.2 Å². The number of aliphatic carboxylic acids is 1. The molecule has 2 atom stereocenters. The van der Waals surface area contributed by atoms with Crippen molar-refractivity contribution >= 4 is 29.4 Å². The van der Waals surface area contributed by atoms with E-state index < -0.39 is 12.1 Å². The fourth-order valence-electron chi connectivity index (χ4n) is 5.36.